The normalized spacial score (nSPS) is 10.9. The minimum Gasteiger partial charge on any atom is -0.330 e. The summed E-state index contributed by atoms with van der Waals surface area (Å²) in [5.74, 6) is 0.349. The van der Waals surface area contributed by atoms with Crippen LogP contribution in [-0.4, -0.2) is 25.9 Å². The number of fused-ring (bicyclic) bond motifs is 1. The van der Waals surface area contributed by atoms with Crippen molar-refractivity contribution < 1.29 is 0 Å². The van der Waals surface area contributed by atoms with E-state index in [9.17, 15) is 4.79 Å². The molecule has 0 unspecified atom stereocenters. The zero-order valence-corrected chi connectivity index (χ0v) is 10.7. The van der Waals surface area contributed by atoms with Crippen molar-refractivity contribution >= 4 is 30.2 Å². The van der Waals surface area contributed by atoms with Gasteiger partial charge in [-0.05, 0) is 44.3 Å². The second-order valence-corrected chi connectivity index (χ2v) is 4.35. The van der Waals surface area contributed by atoms with Gasteiger partial charge in [0.1, 0.15) is 0 Å². The zero-order valence-electron chi connectivity index (χ0n) is 9.11. The first-order valence-electron chi connectivity index (χ1n) is 4.99. The van der Waals surface area contributed by atoms with Gasteiger partial charge >= 0.3 is 0 Å². The van der Waals surface area contributed by atoms with Gasteiger partial charge in [-0.3, -0.25) is 4.79 Å². The summed E-state index contributed by atoms with van der Waals surface area (Å²) in [6, 6.07) is 0. The summed E-state index contributed by atoms with van der Waals surface area (Å²) in [6.45, 7) is 2.20. The molecule has 0 amide bonds. The molecule has 2 rings (SSSR count). The van der Waals surface area contributed by atoms with Crippen molar-refractivity contribution in [2.75, 3.05) is 6.54 Å². The monoisotopic (exact) mass is 269 g/mol. The highest BCUT2D eigenvalue weighted by molar-refractivity contribution is 7.71. The summed E-state index contributed by atoms with van der Waals surface area (Å²) < 4.78 is 1.78. The fourth-order valence-electron chi connectivity index (χ4n) is 1.67. The average molecular weight is 269 g/mol. The van der Waals surface area contributed by atoms with Gasteiger partial charge < -0.3 is 15.7 Å². The lowest BCUT2D eigenvalue weighted by Crippen LogP contribution is -2.25. The number of hydrogen-bond acceptors (Lipinski definition) is 5. The number of nitrogens with zero attached hydrogens (tertiary/aromatic N) is 2. The first-order valence-corrected chi connectivity index (χ1v) is 5.81. The van der Waals surface area contributed by atoms with E-state index in [1.807, 2.05) is 0 Å². The molecule has 0 aliphatic rings. The molecule has 2 heterocycles. The molecule has 0 saturated heterocycles. The van der Waals surface area contributed by atoms with Gasteiger partial charge in [-0.2, -0.15) is 4.98 Å². The fourth-order valence-corrected chi connectivity index (χ4v) is 2.18. The number of nitrogens with two attached hydrogens (primary N) is 1. The van der Waals surface area contributed by atoms with Crippen molar-refractivity contribution in [3.8, 4) is 0 Å². The maximum atomic E-state index is 12.2. The van der Waals surface area contributed by atoms with Crippen LogP contribution in [0.3, 0.4) is 0 Å². The highest BCUT2D eigenvalue weighted by atomic mass is 32.1. The summed E-state index contributed by atoms with van der Waals surface area (Å²) in [5.41, 5.74) is 6.63. The van der Waals surface area contributed by atoms with E-state index in [4.69, 9.17) is 30.2 Å². The molecule has 0 aliphatic carbocycles. The summed E-state index contributed by atoms with van der Waals surface area (Å²) in [7, 11) is 0. The third-order valence-corrected chi connectivity index (χ3v) is 2.92. The van der Waals surface area contributed by atoms with Gasteiger partial charge in [-0.1, -0.05) is 0 Å². The van der Waals surface area contributed by atoms with Crippen molar-refractivity contribution in [2.24, 2.45) is 5.73 Å². The van der Waals surface area contributed by atoms with Crippen LogP contribution in [0.4, 0.5) is 0 Å². The van der Waals surface area contributed by atoms with Gasteiger partial charge in [0.25, 0.3) is 5.56 Å². The lowest BCUT2D eigenvalue weighted by molar-refractivity contribution is 0.840. The minimum absolute atomic E-state index is 0.203. The zero-order chi connectivity index (χ0) is 12.6. The van der Waals surface area contributed by atoms with Crippen LogP contribution < -0.4 is 11.3 Å². The molecular formula is C9H11N5OS2. The molecule has 90 valence electrons. The van der Waals surface area contributed by atoms with E-state index in [0.717, 1.165) is 5.69 Å². The topological polar surface area (TPSA) is 92.0 Å². The Labute approximate surface area is 107 Å². The third kappa shape index (κ3) is 2.06. The van der Waals surface area contributed by atoms with Crippen molar-refractivity contribution in [3.63, 3.8) is 0 Å². The number of aromatic amines is 2. The van der Waals surface area contributed by atoms with Gasteiger partial charge in [0.2, 0.25) is 10.5 Å². The lowest BCUT2D eigenvalue weighted by Gasteiger charge is -2.07. The fraction of sp³-hybridized carbons (Fsp3) is 0.333. The molecule has 0 aliphatic heterocycles. The number of rotatable bonds is 2. The quantitative estimate of drug-likeness (QED) is 0.695. The molecule has 2 aromatic rings. The standard InChI is InChI=1S/C9H11N5OS2/c1-4-5(2-3-10)6(15)14-7(11-4)12-8(16)13-9(14)17/h2-3,10H2,1H3,(H2,11,12,13,16,17). The van der Waals surface area contributed by atoms with Crippen LogP contribution in [0.5, 0.6) is 0 Å². The van der Waals surface area contributed by atoms with Crippen molar-refractivity contribution in [2.45, 2.75) is 13.3 Å². The van der Waals surface area contributed by atoms with E-state index in [0.29, 0.717) is 24.3 Å². The Kier molecular flexibility index (Phi) is 3.18. The lowest BCUT2D eigenvalue weighted by atomic mass is 10.2. The average Bonchev–Trinajstić information content (AvgIpc) is 2.22. The van der Waals surface area contributed by atoms with Crippen LogP contribution in [0, 0.1) is 16.5 Å². The Morgan fingerprint density at radius 1 is 1.41 bits per heavy atom. The van der Waals surface area contributed by atoms with E-state index < -0.39 is 0 Å². The number of H-pyrrole nitrogens is 2. The van der Waals surface area contributed by atoms with Crippen LogP contribution >= 0.6 is 24.4 Å². The molecule has 0 bridgehead atoms. The second-order valence-electron chi connectivity index (χ2n) is 3.58. The van der Waals surface area contributed by atoms with Crippen molar-refractivity contribution in [1.82, 2.24) is 19.4 Å². The van der Waals surface area contributed by atoms with Crippen LogP contribution in [0.25, 0.3) is 5.78 Å². The maximum Gasteiger partial charge on any atom is 0.264 e. The first kappa shape index (κ1) is 12.1. The highest BCUT2D eigenvalue weighted by Gasteiger charge is 2.09. The molecule has 4 N–H and O–H groups in total. The Hall–Kier alpha value is -1.38. The molecule has 17 heavy (non-hydrogen) atoms. The Bertz CT molecular complexity index is 742. The molecule has 0 fully saturated rings. The van der Waals surface area contributed by atoms with Crippen LogP contribution in [0.2, 0.25) is 0 Å². The molecule has 0 saturated carbocycles. The van der Waals surface area contributed by atoms with E-state index >= 15 is 0 Å². The summed E-state index contributed by atoms with van der Waals surface area (Å²) in [6.07, 6.45) is 0.495. The predicted octanol–water partition coefficient (Wildman–Crippen LogP) is 0.619. The van der Waals surface area contributed by atoms with Crippen LogP contribution in [0.1, 0.15) is 11.3 Å². The largest absolute Gasteiger partial charge is 0.330 e. The van der Waals surface area contributed by atoms with E-state index in [-0.39, 0.29) is 15.1 Å². The van der Waals surface area contributed by atoms with Gasteiger partial charge in [0.05, 0.1) is 0 Å². The van der Waals surface area contributed by atoms with Gasteiger partial charge in [0.15, 0.2) is 4.77 Å². The van der Waals surface area contributed by atoms with Crippen molar-refractivity contribution in [3.05, 3.63) is 31.2 Å². The smallest absolute Gasteiger partial charge is 0.264 e. The minimum atomic E-state index is -0.203. The highest BCUT2D eigenvalue weighted by Crippen LogP contribution is 2.02. The number of nitrogens with one attached hydrogen (secondary N) is 2. The summed E-state index contributed by atoms with van der Waals surface area (Å²) >= 11 is 9.97. The summed E-state index contributed by atoms with van der Waals surface area (Å²) in [5, 5.41) is 0. The Morgan fingerprint density at radius 3 is 2.76 bits per heavy atom. The molecule has 0 atom stereocenters. The SMILES string of the molecule is Cc1[nH]c2nc(=S)[nH]c(=S)n2c(=O)c1CCN. The molecule has 0 spiro atoms. The first-order chi connectivity index (χ1) is 8.04. The van der Waals surface area contributed by atoms with Crippen molar-refractivity contribution in [1.29, 1.82) is 0 Å². The molecule has 6 nitrogen and oxygen atoms in total. The van der Waals surface area contributed by atoms with Crippen LogP contribution in [0.15, 0.2) is 4.79 Å². The Balaban J connectivity index is 2.98. The predicted molar refractivity (Wildman–Crippen MR) is 69.3 cm³/mol. The Morgan fingerprint density at radius 2 is 2.12 bits per heavy atom. The molecule has 0 radical (unpaired) electrons. The van der Waals surface area contributed by atoms with Crippen LogP contribution in [-0.2, 0) is 6.42 Å². The molecular weight excluding hydrogens is 258 g/mol. The molecule has 8 heteroatoms. The van der Waals surface area contributed by atoms with Gasteiger partial charge in [0, 0.05) is 11.3 Å². The maximum absolute atomic E-state index is 12.2. The number of aryl methyl sites for hydroxylation is 1. The number of aromatic nitrogens is 4. The van der Waals surface area contributed by atoms with Gasteiger partial charge in [-0.25, -0.2) is 4.40 Å². The van der Waals surface area contributed by atoms with E-state index in [1.165, 1.54) is 4.40 Å². The molecule has 2 aromatic heterocycles. The second kappa shape index (κ2) is 4.47. The number of hydrogen-bond donors (Lipinski definition) is 3. The third-order valence-electron chi connectivity index (χ3n) is 2.44. The van der Waals surface area contributed by atoms with E-state index in [2.05, 4.69) is 15.0 Å². The summed E-state index contributed by atoms with van der Waals surface area (Å²) in [4.78, 5) is 21.9. The molecule has 0 aromatic carbocycles. The van der Waals surface area contributed by atoms with E-state index in [1.54, 1.807) is 6.92 Å². The van der Waals surface area contributed by atoms with Gasteiger partial charge in [-0.15, -0.1) is 0 Å².